The van der Waals surface area contributed by atoms with Gasteiger partial charge >= 0.3 is 5.97 Å². The van der Waals surface area contributed by atoms with E-state index in [2.05, 4.69) is 14.5 Å². The molecule has 7 nitrogen and oxygen atoms in total. The summed E-state index contributed by atoms with van der Waals surface area (Å²) in [5, 5.41) is 8.97. The fourth-order valence-electron chi connectivity index (χ4n) is 3.21. The number of rotatable bonds is 6. The highest BCUT2D eigenvalue weighted by atomic mass is 32.2. The molecule has 1 heterocycles. The van der Waals surface area contributed by atoms with E-state index >= 15 is 0 Å². The first-order chi connectivity index (χ1) is 12.9. The Morgan fingerprint density at radius 3 is 2.26 bits per heavy atom. The first-order valence-electron chi connectivity index (χ1n) is 8.73. The Hall–Kier alpha value is -2.42. The van der Waals surface area contributed by atoms with Gasteiger partial charge in [0.15, 0.2) is 0 Å². The van der Waals surface area contributed by atoms with Gasteiger partial charge in [0.05, 0.1) is 11.3 Å². The predicted molar refractivity (Wildman–Crippen MR) is 104 cm³/mol. The van der Waals surface area contributed by atoms with Crippen LogP contribution in [0.5, 0.6) is 0 Å². The van der Waals surface area contributed by atoms with Gasteiger partial charge in [-0.2, -0.15) is 0 Å². The Balaban J connectivity index is 1.65. The molecule has 0 spiro atoms. The normalized spacial score (nSPS) is 15.7. The van der Waals surface area contributed by atoms with Gasteiger partial charge in [0, 0.05) is 32.7 Å². The van der Waals surface area contributed by atoms with E-state index in [-0.39, 0.29) is 5.56 Å². The van der Waals surface area contributed by atoms with E-state index in [0.717, 1.165) is 44.0 Å². The van der Waals surface area contributed by atoms with Crippen molar-refractivity contribution in [3.8, 4) is 0 Å². The van der Waals surface area contributed by atoms with Gasteiger partial charge in [-0.25, -0.2) is 17.9 Å². The molecule has 1 aliphatic heterocycles. The molecule has 1 saturated heterocycles. The topological polar surface area (TPSA) is 90.0 Å². The summed E-state index contributed by atoms with van der Waals surface area (Å²) in [4.78, 5) is 15.6. The van der Waals surface area contributed by atoms with E-state index in [4.69, 9.17) is 5.11 Å². The smallest absolute Gasteiger partial charge is 0.335 e. The Kier molecular flexibility index (Phi) is 5.79. The summed E-state index contributed by atoms with van der Waals surface area (Å²) in [5.41, 5.74) is 2.06. The van der Waals surface area contributed by atoms with E-state index in [9.17, 15) is 13.2 Å². The highest BCUT2D eigenvalue weighted by molar-refractivity contribution is 7.89. The Morgan fingerprint density at radius 2 is 1.67 bits per heavy atom. The molecule has 0 radical (unpaired) electrons. The summed E-state index contributed by atoms with van der Waals surface area (Å²) in [6.07, 6.45) is 0. The lowest BCUT2D eigenvalue weighted by Gasteiger charge is -2.36. The van der Waals surface area contributed by atoms with Crippen LogP contribution >= 0.6 is 0 Å². The number of carbonyl (C=O) groups is 1. The molecule has 0 atom stereocenters. The summed E-state index contributed by atoms with van der Waals surface area (Å²) >= 11 is 0. The lowest BCUT2D eigenvalue weighted by Crippen LogP contribution is -2.46. The molecule has 1 fully saturated rings. The maximum absolute atomic E-state index is 12.3. The average molecular weight is 389 g/mol. The summed E-state index contributed by atoms with van der Waals surface area (Å²) in [6, 6.07) is 13.9. The van der Waals surface area contributed by atoms with Crippen molar-refractivity contribution in [1.29, 1.82) is 0 Å². The second-order valence-corrected chi connectivity index (χ2v) is 8.30. The Bertz CT molecular complexity index is 905. The number of aromatic carboxylic acids is 1. The molecule has 2 aromatic carbocycles. The molecule has 144 valence electrons. The molecule has 0 aromatic heterocycles. The number of para-hydroxylation sites is 1. The fourth-order valence-corrected chi connectivity index (χ4v) is 4.16. The minimum atomic E-state index is -3.50. The van der Waals surface area contributed by atoms with Crippen LogP contribution in [0.3, 0.4) is 0 Å². The van der Waals surface area contributed by atoms with Gasteiger partial charge in [-0.05, 0) is 36.9 Å². The zero-order valence-electron chi connectivity index (χ0n) is 15.1. The lowest BCUT2D eigenvalue weighted by molar-refractivity contribution is 0.0697. The molecule has 2 aromatic rings. The van der Waals surface area contributed by atoms with Crippen LogP contribution in [0, 0.1) is 0 Å². The molecule has 0 amide bonds. The molecule has 0 bridgehead atoms. The van der Waals surface area contributed by atoms with Crippen molar-refractivity contribution in [2.24, 2.45) is 0 Å². The summed E-state index contributed by atoms with van der Waals surface area (Å²) < 4.78 is 26.9. The largest absolute Gasteiger partial charge is 0.478 e. The molecule has 1 aliphatic rings. The first-order valence-corrected chi connectivity index (χ1v) is 10.2. The van der Waals surface area contributed by atoms with E-state index < -0.39 is 16.0 Å². The van der Waals surface area contributed by atoms with Gasteiger partial charge in [-0.15, -0.1) is 0 Å². The second-order valence-electron chi connectivity index (χ2n) is 6.44. The van der Waals surface area contributed by atoms with Crippen LogP contribution in [0.25, 0.3) is 0 Å². The van der Waals surface area contributed by atoms with Crippen LogP contribution in [-0.4, -0.2) is 57.6 Å². The standard InChI is InChI=1S/C19H23N3O4S/c1-20-27(25,26)18-5-3-2-4-17(18)22-12-10-21(11-13-22)14-15-6-8-16(9-7-15)19(23)24/h2-9,20H,10-14H2,1H3,(H,23,24). The van der Waals surface area contributed by atoms with Gasteiger partial charge in [-0.1, -0.05) is 24.3 Å². The highest BCUT2D eigenvalue weighted by Gasteiger charge is 2.23. The van der Waals surface area contributed by atoms with Crippen LogP contribution in [0.4, 0.5) is 5.69 Å². The number of anilines is 1. The van der Waals surface area contributed by atoms with Gasteiger partial charge in [0.1, 0.15) is 4.90 Å². The molecule has 0 aliphatic carbocycles. The van der Waals surface area contributed by atoms with Crippen molar-refractivity contribution < 1.29 is 18.3 Å². The number of hydrogen-bond donors (Lipinski definition) is 2. The minimum absolute atomic E-state index is 0.283. The third kappa shape index (κ3) is 4.47. The number of carboxylic acid groups (broad SMARTS) is 1. The van der Waals surface area contributed by atoms with Gasteiger partial charge in [0.25, 0.3) is 0 Å². The van der Waals surface area contributed by atoms with Gasteiger partial charge < -0.3 is 10.0 Å². The van der Waals surface area contributed by atoms with E-state index in [1.165, 1.54) is 7.05 Å². The molecule has 3 rings (SSSR count). The van der Waals surface area contributed by atoms with Crippen LogP contribution in [0.2, 0.25) is 0 Å². The minimum Gasteiger partial charge on any atom is -0.478 e. The number of benzene rings is 2. The van der Waals surface area contributed by atoms with Gasteiger partial charge in [-0.3, -0.25) is 4.90 Å². The molecule has 2 N–H and O–H groups in total. The highest BCUT2D eigenvalue weighted by Crippen LogP contribution is 2.26. The Morgan fingerprint density at radius 1 is 1.04 bits per heavy atom. The number of carboxylic acids is 1. The number of sulfonamides is 1. The van der Waals surface area contributed by atoms with Crippen molar-refractivity contribution in [2.75, 3.05) is 38.1 Å². The molecule has 27 heavy (non-hydrogen) atoms. The average Bonchev–Trinajstić information content (AvgIpc) is 2.69. The quantitative estimate of drug-likeness (QED) is 0.780. The SMILES string of the molecule is CNS(=O)(=O)c1ccccc1N1CCN(Cc2ccc(C(=O)O)cc2)CC1. The number of piperazine rings is 1. The zero-order valence-corrected chi connectivity index (χ0v) is 15.9. The number of nitrogens with zero attached hydrogens (tertiary/aromatic N) is 2. The molecule has 0 unspecified atom stereocenters. The van der Waals surface area contributed by atoms with Crippen LogP contribution in [0.15, 0.2) is 53.4 Å². The molecular weight excluding hydrogens is 366 g/mol. The van der Waals surface area contributed by atoms with Crippen LogP contribution in [-0.2, 0) is 16.6 Å². The van der Waals surface area contributed by atoms with Crippen molar-refractivity contribution >= 4 is 21.7 Å². The van der Waals surface area contributed by atoms with E-state index in [1.54, 1.807) is 24.3 Å². The Labute approximate surface area is 159 Å². The second kappa shape index (κ2) is 8.08. The molecule has 8 heteroatoms. The van der Waals surface area contributed by atoms with Crippen molar-refractivity contribution in [1.82, 2.24) is 9.62 Å². The summed E-state index contributed by atoms with van der Waals surface area (Å²) in [6.45, 7) is 3.79. The third-order valence-corrected chi connectivity index (χ3v) is 6.21. The van der Waals surface area contributed by atoms with Crippen molar-refractivity contribution in [3.05, 3.63) is 59.7 Å². The molecule has 0 saturated carbocycles. The number of hydrogen-bond acceptors (Lipinski definition) is 5. The summed E-state index contributed by atoms with van der Waals surface area (Å²) in [5.74, 6) is -0.926. The van der Waals surface area contributed by atoms with Crippen molar-refractivity contribution in [2.45, 2.75) is 11.4 Å². The monoisotopic (exact) mass is 389 g/mol. The van der Waals surface area contributed by atoms with Crippen molar-refractivity contribution in [3.63, 3.8) is 0 Å². The molecular formula is C19H23N3O4S. The van der Waals surface area contributed by atoms with E-state index in [1.807, 2.05) is 24.3 Å². The maximum Gasteiger partial charge on any atom is 0.335 e. The maximum atomic E-state index is 12.3. The predicted octanol–water partition coefficient (Wildman–Crippen LogP) is 1.62. The lowest BCUT2D eigenvalue weighted by atomic mass is 10.1. The van der Waals surface area contributed by atoms with Crippen LogP contribution in [0.1, 0.15) is 15.9 Å². The first kappa shape index (κ1) is 19.3. The summed E-state index contributed by atoms with van der Waals surface area (Å²) in [7, 11) is -2.09. The number of nitrogens with one attached hydrogen (secondary N) is 1. The third-order valence-electron chi connectivity index (χ3n) is 4.74. The van der Waals surface area contributed by atoms with Gasteiger partial charge in [0.2, 0.25) is 10.0 Å². The van der Waals surface area contributed by atoms with E-state index in [0.29, 0.717) is 4.90 Å². The zero-order chi connectivity index (χ0) is 19.4. The fraction of sp³-hybridized carbons (Fsp3) is 0.316. The van der Waals surface area contributed by atoms with Crippen LogP contribution < -0.4 is 9.62 Å².